The molecular weight excluding hydrogens is 292 g/mol. The molecule has 1 heterocycles. The van der Waals surface area contributed by atoms with E-state index in [0.29, 0.717) is 11.6 Å². The van der Waals surface area contributed by atoms with Gasteiger partial charge in [0.1, 0.15) is 0 Å². The molecular formula is C11H15ClN2O4S. The van der Waals surface area contributed by atoms with Gasteiger partial charge < -0.3 is 15.6 Å². The van der Waals surface area contributed by atoms with Gasteiger partial charge in [-0.2, -0.15) is 4.31 Å². The minimum atomic E-state index is -3.71. The summed E-state index contributed by atoms with van der Waals surface area (Å²) in [6.07, 6.45) is 0. The van der Waals surface area contributed by atoms with E-state index in [1.807, 2.05) is 0 Å². The van der Waals surface area contributed by atoms with E-state index in [0.717, 1.165) is 0 Å². The SMILES string of the molecule is Nc1cc(S(=O)(=O)N2CCOCC2CO)ccc1Cl. The highest BCUT2D eigenvalue weighted by Crippen LogP contribution is 2.26. The van der Waals surface area contributed by atoms with Crippen molar-refractivity contribution in [2.24, 2.45) is 0 Å². The molecule has 19 heavy (non-hydrogen) atoms. The third kappa shape index (κ3) is 2.85. The molecule has 1 unspecified atom stereocenters. The molecule has 0 spiro atoms. The van der Waals surface area contributed by atoms with Gasteiger partial charge in [0.25, 0.3) is 0 Å². The van der Waals surface area contributed by atoms with E-state index in [2.05, 4.69) is 0 Å². The third-order valence-corrected chi connectivity index (χ3v) is 5.25. The lowest BCUT2D eigenvalue weighted by molar-refractivity contribution is 0.0109. The van der Waals surface area contributed by atoms with Crippen LogP contribution in [0.2, 0.25) is 5.02 Å². The normalized spacial score (nSPS) is 21.5. The number of anilines is 1. The predicted octanol–water partition coefficient (Wildman–Crippen LogP) is 0.304. The fraction of sp³-hybridized carbons (Fsp3) is 0.455. The molecule has 0 bridgehead atoms. The quantitative estimate of drug-likeness (QED) is 0.784. The van der Waals surface area contributed by atoms with E-state index in [-0.39, 0.29) is 30.3 Å². The second-order valence-corrected chi connectivity index (χ2v) is 6.51. The molecule has 106 valence electrons. The van der Waals surface area contributed by atoms with E-state index >= 15 is 0 Å². The number of aliphatic hydroxyl groups excluding tert-OH is 1. The van der Waals surface area contributed by atoms with Crippen LogP contribution in [0.3, 0.4) is 0 Å². The molecule has 0 radical (unpaired) electrons. The van der Waals surface area contributed by atoms with E-state index in [1.54, 1.807) is 0 Å². The van der Waals surface area contributed by atoms with E-state index < -0.39 is 16.1 Å². The Morgan fingerprint density at radius 3 is 2.89 bits per heavy atom. The molecule has 0 aliphatic carbocycles. The molecule has 1 atom stereocenters. The van der Waals surface area contributed by atoms with Gasteiger partial charge in [0.2, 0.25) is 10.0 Å². The van der Waals surface area contributed by atoms with E-state index in [1.165, 1.54) is 22.5 Å². The number of hydrogen-bond acceptors (Lipinski definition) is 5. The van der Waals surface area contributed by atoms with Crippen molar-refractivity contribution in [2.75, 3.05) is 32.1 Å². The number of nitrogen functional groups attached to an aromatic ring is 1. The summed E-state index contributed by atoms with van der Waals surface area (Å²) in [5.74, 6) is 0. The number of nitrogens with zero attached hydrogens (tertiary/aromatic N) is 1. The summed E-state index contributed by atoms with van der Waals surface area (Å²) in [6.45, 7) is 0.399. The van der Waals surface area contributed by atoms with Gasteiger partial charge in [0.05, 0.1) is 41.5 Å². The Bertz CT molecular complexity index is 564. The number of benzene rings is 1. The second-order valence-electron chi connectivity index (χ2n) is 4.21. The molecule has 8 heteroatoms. The number of morpholine rings is 1. The molecule has 0 amide bonds. The van der Waals surface area contributed by atoms with Crippen LogP contribution < -0.4 is 5.73 Å². The lowest BCUT2D eigenvalue weighted by atomic mass is 10.3. The first-order valence-corrected chi connectivity index (χ1v) is 7.54. The van der Waals surface area contributed by atoms with Crippen molar-refractivity contribution < 1.29 is 18.3 Å². The minimum Gasteiger partial charge on any atom is -0.397 e. The summed E-state index contributed by atoms with van der Waals surface area (Å²) in [5, 5.41) is 9.54. The maximum Gasteiger partial charge on any atom is 0.243 e. The molecule has 1 aromatic carbocycles. The van der Waals surface area contributed by atoms with E-state index in [4.69, 9.17) is 22.1 Å². The van der Waals surface area contributed by atoms with Gasteiger partial charge in [-0.05, 0) is 18.2 Å². The van der Waals surface area contributed by atoms with Crippen molar-refractivity contribution in [3.8, 4) is 0 Å². The summed E-state index contributed by atoms with van der Waals surface area (Å²) in [5.41, 5.74) is 5.83. The fourth-order valence-electron chi connectivity index (χ4n) is 1.92. The van der Waals surface area contributed by atoms with Crippen LogP contribution in [0.15, 0.2) is 23.1 Å². The zero-order valence-electron chi connectivity index (χ0n) is 10.1. The van der Waals surface area contributed by atoms with Crippen molar-refractivity contribution in [2.45, 2.75) is 10.9 Å². The molecule has 1 saturated heterocycles. The van der Waals surface area contributed by atoms with Gasteiger partial charge in [0.15, 0.2) is 0 Å². The molecule has 0 aromatic heterocycles. The average molecular weight is 307 g/mol. The number of nitrogens with two attached hydrogens (primary N) is 1. The van der Waals surface area contributed by atoms with Crippen LogP contribution in [-0.2, 0) is 14.8 Å². The summed E-state index contributed by atoms with van der Waals surface area (Å²) in [7, 11) is -3.71. The lowest BCUT2D eigenvalue weighted by Gasteiger charge is -2.33. The Morgan fingerprint density at radius 2 is 2.26 bits per heavy atom. The van der Waals surface area contributed by atoms with Crippen LogP contribution in [0, 0.1) is 0 Å². The Kier molecular flexibility index (Phi) is 4.32. The molecule has 6 nitrogen and oxygen atoms in total. The summed E-state index contributed by atoms with van der Waals surface area (Å²) >= 11 is 5.78. The smallest absolute Gasteiger partial charge is 0.243 e. The van der Waals surface area contributed by atoms with Crippen molar-refractivity contribution in [3.63, 3.8) is 0 Å². The first-order valence-electron chi connectivity index (χ1n) is 5.72. The van der Waals surface area contributed by atoms with Crippen LogP contribution in [0.1, 0.15) is 0 Å². The number of aliphatic hydroxyl groups is 1. The number of halogens is 1. The molecule has 3 N–H and O–H groups in total. The van der Waals surface area contributed by atoms with Crippen molar-refractivity contribution in [1.29, 1.82) is 0 Å². The minimum absolute atomic E-state index is 0.0646. The Morgan fingerprint density at radius 1 is 1.53 bits per heavy atom. The highest BCUT2D eigenvalue weighted by atomic mass is 35.5. The largest absolute Gasteiger partial charge is 0.397 e. The average Bonchev–Trinajstić information content (AvgIpc) is 2.41. The molecule has 1 fully saturated rings. The first-order chi connectivity index (χ1) is 8.96. The number of rotatable bonds is 3. The van der Waals surface area contributed by atoms with Gasteiger partial charge in [0, 0.05) is 6.54 Å². The van der Waals surface area contributed by atoms with Gasteiger partial charge >= 0.3 is 0 Å². The van der Waals surface area contributed by atoms with E-state index in [9.17, 15) is 13.5 Å². The number of hydrogen-bond donors (Lipinski definition) is 2. The van der Waals surface area contributed by atoms with Crippen molar-refractivity contribution in [3.05, 3.63) is 23.2 Å². The van der Waals surface area contributed by atoms with Crippen LogP contribution in [-0.4, -0.2) is 50.2 Å². The molecule has 1 aliphatic heterocycles. The topological polar surface area (TPSA) is 92.9 Å². The van der Waals surface area contributed by atoms with Crippen LogP contribution in [0.25, 0.3) is 0 Å². The number of ether oxygens (including phenoxy) is 1. The Hall–Kier alpha value is -0.860. The van der Waals surface area contributed by atoms with Crippen LogP contribution >= 0.6 is 11.6 Å². The van der Waals surface area contributed by atoms with Gasteiger partial charge in [-0.15, -0.1) is 0 Å². The molecule has 0 saturated carbocycles. The molecule has 1 aliphatic rings. The lowest BCUT2D eigenvalue weighted by Crippen LogP contribution is -2.50. The predicted molar refractivity (Wildman–Crippen MR) is 71.4 cm³/mol. The maximum absolute atomic E-state index is 12.5. The second kappa shape index (κ2) is 5.64. The monoisotopic (exact) mass is 306 g/mol. The highest BCUT2D eigenvalue weighted by Gasteiger charge is 2.33. The van der Waals surface area contributed by atoms with Crippen molar-refractivity contribution in [1.82, 2.24) is 4.31 Å². The van der Waals surface area contributed by atoms with Gasteiger partial charge in [-0.3, -0.25) is 0 Å². The Labute approximate surface area is 116 Å². The van der Waals surface area contributed by atoms with Crippen molar-refractivity contribution >= 4 is 27.3 Å². The first kappa shape index (κ1) is 14.5. The zero-order valence-corrected chi connectivity index (χ0v) is 11.7. The van der Waals surface area contributed by atoms with Crippen LogP contribution in [0.4, 0.5) is 5.69 Å². The Balaban J connectivity index is 2.37. The summed E-state index contributed by atoms with van der Waals surface area (Å²) < 4.78 is 31.4. The fourth-order valence-corrected chi connectivity index (χ4v) is 3.66. The van der Waals surface area contributed by atoms with Gasteiger partial charge in [-0.25, -0.2) is 8.42 Å². The third-order valence-electron chi connectivity index (χ3n) is 2.96. The summed E-state index contributed by atoms with van der Waals surface area (Å²) in [4.78, 5) is 0.0646. The molecule has 2 rings (SSSR count). The maximum atomic E-state index is 12.5. The van der Waals surface area contributed by atoms with Gasteiger partial charge in [-0.1, -0.05) is 11.6 Å². The van der Waals surface area contributed by atoms with Crippen LogP contribution in [0.5, 0.6) is 0 Å². The standard InChI is InChI=1S/C11H15ClN2O4S/c12-10-2-1-9(5-11(10)13)19(16,17)14-3-4-18-7-8(14)6-15/h1-2,5,8,15H,3-4,6-7,13H2. The summed E-state index contributed by atoms with van der Waals surface area (Å²) in [6, 6.07) is 3.59. The molecule has 1 aromatic rings. The zero-order chi connectivity index (χ0) is 14.0. The number of sulfonamides is 1. The highest BCUT2D eigenvalue weighted by molar-refractivity contribution is 7.89.